The number of hydrogen-bond donors (Lipinski definition) is 1. The lowest BCUT2D eigenvalue weighted by Crippen LogP contribution is -2.46. The van der Waals surface area contributed by atoms with Crippen LogP contribution in [0.5, 0.6) is 0 Å². The SMILES string of the molecule is C[C@@H](OC(=O)c1cc2c(s1)CCCCC2)C(=O)NC(C)(C)C. The summed E-state index contributed by atoms with van der Waals surface area (Å²) in [6.45, 7) is 7.30. The van der Waals surface area contributed by atoms with Crippen molar-refractivity contribution in [1.82, 2.24) is 5.32 Å². The minimum Gasteiger partial charge on any atom is -0.448 e. The molecule has 1 heterocycles. The third kappa shape index (κ3) is 4.57. The van der Waals surface area contributed by atoms with Crippen molar-refractivity contribution >= 4 is 23.2 Å². The summed E-state index contributed by atoms with van der Waals surface area (Å²) in [5.41, 5.74) is 0.944. The molecule has 1 aliphatic rings. The maximum atomic E-state index is 12.2. The Morgan fingerprint density at radius 1 is 1.23 bits per heavy atom. The highest BCUT2D eigenvalue weighted by Gasteiger charge is 2.24. The number of amides is 1. The Morgan fingerprint density at radius 3 is 2.59 bits per heavy atom. The molecule has 122 valence electrons. The van der Waals surface area contributed by atoms with Crippen molar-refractivity contribution < 1.29 is 14.3 Å². The number of carbonyl (C=O) groups is 2. The quantitative estimate of drug-likeness (QED) is 0.684. The average molecular weight is 323 g/mol. The highest BCUT2D eigenvalue weighted by molar-refractivity contribution is 7.14. The van der Waals surface area contributed by atoms with Gasteiger partial charge in [0.15, 0.2) is 6.10 Å². The van der Waals surface area contributed by atoms with Crippen molar-refractivity contribution in [2.75, 3.05) is 0 Å². The monoisotopic (exact) mass is 323 g/mol. The van der Waals surface area contributed by atoms with Gasteiger partial charge in [0, 0.05) is 10.4 Å². The summed E-state index contributed by atoms with van der Waals surface area (Å²) in [6.07, 6.45) is 4.93. The fourth-order valence-electron chi connectivity index (χ4n) is 2.51. The molecule has 0 unspecified atom stereocenters. The summed E-state index contributed by atoms with van der Waals surface area (Å²) in [5.74, 6) is -0.659. The first kappa shape index (κ1) is 17.0. The van der Waals surface area contributed by atoms with Crippen LogP contribution in [0.15, 0.2) is 6.07 Å². The van der Waals surface area contributed by atoms with Crippen molar-refractivity contribution in [1.29, 1.82) is 0 Å². The van der Waals surface area contributed by atoms with Gasteiger partial charge in [0.1, 0.15) is 4.88 Å². The van der Waals surface area contributed by atoms with Crippen LogP contribution in [-0.4, -0.2) is 23.5 Å². The van der Waals surface area contributed by atoms with Crippen LogP contribution in [0.2, 0.25) is 0 Å². The Morgan fingerprint density at radius 2 is 1.91 bits per heavy atom. The molecule has 22 heavy (non-hydrogen) atoms. The molecule has 1 N–H and O–H groups in total. The van der Waals surface area contributed by atoms with E-state index in [2.05, 4.69) is 5.32 Å². The van der Waals surface area contributed by atoms with Gasteiger partial charge in [0.2, 0.25) is 0 Å². The second-order valence-corrected chi connectivity index (χ2v) is 8.04. The molecule has 0 radical (unpaired) electrons. The summed E-state index contributed by atoms with van der Waals surface area (Å²) >= 11 is 1.52. The molecule has 1 aromatic heterocycles. The minimum absolute atomic E-state index is 0.265. The summed E-state index contributed by atoms with van der Waals surface area (Å²) < 4.78 is 5.31. The van der Waals surface area contributed by atoms with Gasteiger partial charge >= 0.3 is 5.97 Å². The molecule has 0 fully saturated rings. The van der Waals surface area contributed by atoms with Gasteiger partial charge < -0.3 is 10.1 Å². The van der Waals surface area contributed by atoms with Crippen LogP contribution in [-0.2, 0) is 22.4 Å². The molecule has 4 nitrogen and oxygen atoms in total. The maximum absolute atomic E-state index is 12.2. The van der Waals surface area contributed by atoms with E-state index in [1.165, 1.54) is 41.0 Å². The number of nitrogens with one attached hydrogen (secondary N) is 1. The fraction of sp³-hybridized carbons (Fsp3) is 0.647. The molecule has 1 atom stereocenters. The van der Waals surface area contributed by atoms with Crippen molar-refractivity contribution in [3.8, 4) is 0 Å². The molecular formula is C17H25NO3S. The molecule has 0 spiro atoms. The lowest BCUT2D eigenvalue weighted by molar-refractivity contribution is -0.130. The van der Waals surface area contributed by atoms with E-state index < -0.39 is 12.1 Å². The van der Waals surface area contributed by atoms with Crippen LogP contribution in [0.3, 0.4) is 0 Å². The van der Waals surface area contributed by atoms with Gasteiger partial charge in [0.05, 0.1) is 0 Å². The second kappa shape index (κ2) is 6.82. The molecule has 0 saturated carbocycles. The van der Waals surface area contributed by atoms with Gasteiger partial charge in [-0.1, -0.05) is 6.42 Å². The lowest BCUT2D eigenvalue weighted by Gasteiger charge is -2.23. The molecule has 2 rings (SSSR count). The van der Waals surface area contributed by atoms with Gasteiger partial charge in [-0.3, -0.25) is 4.79 Å². The van der Waals surface area contributed by atoms with E-state index in [9.17, 15) is 9.59 Å². The highest BCUT2D eigenvalue weighted by atomic mass is 32.1. The molecule has 0 aliphatic heterocycles. The zero-order valence-corrected chi connectivity index (χ0v) is 14.6. The van der Waals surface area contributed by atoms with Crippen molar-refractivity contribution in [3.63, 3.8) is 0 Å². The molecule has 1 aromatic rings. The first-order valence-corrected chi connectivity index (χ1v) is 8.72. The zero-order chi connectivity index (χ0) is 16.3. The number of fused-ring (bicyclic) bond motifs is 1. The van der Waals surface area contributed by atoms with Crippen molar-refractivity contribution in [2.45, 2.75) is 71.4 Å². The first-order chi connectivity index (χ1) is 10.3. The fourth-order valence-corrected chi connectivity index (χ4v) is 3.65. The largest absolute Gasteiger partial charge is 0.448 e. The number of aryl methyl sites for hydroxylation is 2. The van der Waals surface area contributed by atoms with E-state index in [1.54, 1.807) is 6.92 Å². The van der Waals surface area contributed by atoms with E-state index in [0.29, 0.717) is 4.88 Å². The average Bonchev–Trinajstić information content (AvgIpc) is 2.68. The number of esters is 1. The highest BCUT2D eigenvalue weighted by Crippen LogP contribution is 2.29. The summed E-state index contributed by atoms with van der Waals surface area (Å²) in [5, 5.41) is 2.82. The third-order valence-electron chi connectivity index (χ3n) is 3.60. The summed E-state index contributed by atoms with van der Waals surface area (Å²) in [4.78, 5) is 26.1. The molecular weight excluding hydrogens is 298 g/mol. The van der Waals surface area contributed by atoms with E-state index in [0.717, 1.165) is 12.8 Å². The number of rotatable bonds is 3. The normalized spacial score (nSPS) is 16.4. The van der Waals surface area contributed by atoms with Gasteiger partial charge in [-0.25, -0.2) is 4.79 Å². The van der Waals surface area contributed by atoms with Crippen LogP contribution >= 0.6 is 11.3 Å². The Balaban J connectivity index is 1.99. The Kier molecular flexibility index (Phi) is 5.27. The first-order valence-electron chi connectivity index (χ1n) is 7.91. The van der Waals surface area contributed by atoms with E-state index in [-0.39, 0.29) is 11.4 Å². The number of carbonyl (C=O) groups excluding carboxylic acids is 2. The smallest absolute Gasteiger partial charge is 0.349 e. The van der Waals surface area contributed by atoms with E-state index >= 15 is 0 Å². The number of thiophene rings is 1. The van der Waals surface area contributed by atoms with Gasteiger partial charge in [-0.2, -0.15) is 0 Å². The standard InChI is InChI=1S/C17H25NO3S/c1-11(15(19)18-17(2,3)4)21-16(20)14-10-12-8-6-5-7-9-13(12)22-14/h10-11H,5-9H2,1-4H3,(H,18,19)/t11-/m1/s1. The van der Waals surface area contributed by atoms with E-state index in [4.69, 9.17) is 4.74 Å². The molecule has 0 aromatic carbocycles. The zero-order valence-electron chi connectivity index (χ0n) is 13.8. The van der Waals surface area contributed by atoms with Gasteiger partial charge in [-0.15, -0.1) is 11.3 Å². The molecule has 5 heteroatoms. The topological polar surface area (TPSA) is 55.4 Å². The second-order valence-electron chi connectivity index (χ2n) is 6.91. The van der Waals surface area contributed by atoms with Gasteiger partial charge in [0.25, 0.3) is 5.91 Å². The molecule has 0 bridgehead atoms. The Bertz CT molecular complexity index is 533. The predicted molar refractivity (Wildman–Crippen MR) is 88.4 cm³/mol. The number of ether oxygens (including phenoxy) is 1. The van der Waals surface area contributed by atoms with Crippen LogP contribution < -0.4 is 5.32 Å². The molecule has 1 amide bonds. The van der Waals surface area contributed by atoms with Crippen LogP contribution in [0, 0.1) is 0 Å². The summed E-state index contributed by atoms with van der Waals surface area (Å²) in [6, 6.07) is 1.95. The van der Waals surface area contributed by atoms with E-state index in [1.807, 2.05) is 26.8 Å². The Hall–Kier alpha value is -1.36. The van der Waals surface area contributed by atoms with Crippen LogP contribution in [0.1, 0.15) is 67.1 Å². The summed E-state index contributed by atoms with van der Waals surface area (Å²) in [7, 11) is 0. The maximum Gasteiger partial charge on any atom is 0.349 e. The number of hydrogen-bond acceptors (Lipinski definition) is 4. The molecule has 0 saturated heterocycles. The minimum atomic E-state index is -0.784. The van der Waals surface area contributed by atoms with Crippen molar-refractivity contribution in [3.05, 3.63) is 21.4 Å². The predicted octanol–water partition coefficient (Wildman–Crippen LogP) is 3.48. The lowest BCUT2D eigenvalue weighted by atomic mass is 10.1. The van der Waals surface area contributed by atoms with Crippen LogP contribution in [0.4, 0.5) is 0 Å². The van der Waals surface area contributed by atoms with Crippen molar-refractivity contribution in [2.24, 2.45) is 0 Å². The van der Waals surface area contributed by atoms with Gasteiger partial charge in [-0.05, 0) is 65.0 Å². The third-order valence-corrected chi connectivity index (χ3v) is 4.82. The van der Waals surface area contributed by atoms with Crippen LogP contribution in [0.25, 0.3) is 0 Å². The Labute approximate surface area is 136 Å². The molecule has 1 aliphatic carbocycles.